The minimum atomic E-state index is 0.488. The third-order valence-electron chi connectivity index (χ3n) is 1.96. The Labute approximate surface area is 87.1 Å². The first kappa shape index (κ1) is 9.09. The number of hydrogen-bond donors (Lipinski definition) is 1. The van der Waals surface area contributed by atoms with Crippen molar-refractivity contribution in [1.82, 2.24) is 9.78 Å². The zero-order valence-electron chi connectivity index (χ0n) is 7.74. The van der Waals surface area contributed by atoms with Crippen molar-refractivity contribution in [1.29, 1.82) is 0 Å². The van der Waals surface area contributed by atoms with E-state index in [1.54, 1.807) is 16.9 Å². The fourth-order valence-corrected chi connectivity index (χ4v) is 1.47. The highest BCUT2D eigenvalue weighted by Crippen LogP contribution is 2.21. The molecule has 1 aromatic heterocycles. The highest BCUT2D eigenvalue weighted by molar-refractivity contribution is 6.32. The summed E-state index contributed by atoms with van der Waals surface area (Å²) < 4.78 is 1.67. The zero-order valence-corrected chi connectivity index (χ0v) is 8.49. The van der Waals surface area contributed by atoms with Crippen LogP contribution in [0.3, 0.4) is 0 Å². The van der Waals surface area contributed by atoms with E-state index < -0.39 is 0 Å². The molecular formula is C10H10ClN3. The number of aryl methyl sites for hydroxylation is 1. The first-order valence-corrected chi connectivity index (χ1v) is 4.62. The molecule has 0 fully saturated rings. The monoisotopic (exact) mass is 207 g/mol. The fourth-order valence-electron chi connectivity index (χ4n) is 1.27. The molecular weight excluding hydrogens is 198 g/mol. The molecule has 0 spiro atoms. The molecule has 72 valence electrons. The number of hydrogen-bond acceptors (Lipinski definition) is 2. The Morgan fingerprint density at radius 3 is 2.79 bits per heavy atom. The predicted molar refractivity (Wildman–Crippen MR) is 57.7 cm³/mol. The number of nitrogens with two attached hydrogens (primary N) is 1. The summed E-state index contributed by atoms with van der Waals surface area (Å²) in [7, 11) is 0. The maximum atomic E-state index is 6.04. The van der Waals surface area contributed by atoms with Crippen LogP contribution in [0, 0.1) is 6.92 Å². The van der Waals surface area contributed by atoms with Gasteiger partial charge in [-0.05, 0) is 24.6 Å². The van der Waals surface area contributed by atoms with E-state index >= 15 is 0 Å². The van der Waals surface area contributed by atoms with Gasteiger partial charge in [-0.1, -0.05) is 17.7 Å². The van der Waals surface area contributed by atoms with E-state index in [2.05, 4.69) is 5.10 Å². The molecule has 3 nitrogen and oxygen atoms in total. The van der Waals surface area contributed by atoms with E-state index in [9.17, 15) is 0 Å². The van der Waals surface area contributed by atoms with Crippen LogP contribution in [0.25, 0.3) is 5.69 Å². The molecule has 0 bridgehead atoms. The first-order valence-electron chi connectivity index (χ1n) is 4.24. The molecule has 2 N–H and O–H groups in total. The fraction of sp³-hybridized carbons (Fsp3) is 0.100. The minimum absolute atomic E-state index is 0.488. The maximum absolute atomic E-state index is 6.04. The molecule has 0 aliphatic heterocycles. The molecule has 4 heteroatoms. The normalized spacial score (nSPS) is 10.4. The Balaban J connectivity index is 2.55. The molecule has 0 aliphatic carbocycles. The van der Waals surface area contributed by atoms with Crippen LogP contribution in [-0.4, -0.2) is 9.78 Å². The van der Waals surface area contributed by atoms with Crippen molar-refractivity contribution < 1.29 is 0 Å². The van der Waals surface area contributed by atoms with Crippen molar-refractivity contribution >= 4 is 17.4 Å². The summed E-state index contributed by atoms with van der Waals surface area (Å²) >= 11 is 6.04. The average Bonchev–Trinajstić information content (AvgIpc) is 2.56. The Morgan fingerprint density at radius 2 is 2.14 bits per heavy atom. The largest absolute Gasteiger partial charge is 0.382 e. The smallest absolute Gasteiger partial charge is 0.145 e. The molecule has 0 amide bonds. The van der Waals surface area contributed by atoms with Crippen LogP contribution in [0.1, 0.15) is 5.56 Å². The number of nitrogens with zero attached hydrogens (tertiary/aromatic N) is 2. The third-order valence-corrected chi connectivity index (χ3v) is 2.28. The summed E-state index contributed by atoms with van der Waals surface area (Å²) in [5.74, 6) is 0.488. The predicted octanol–water partition coefficient (Wildman–Crippen LogP) is 2.42. The van der Waals surface area contributed by atoms with Gasteiger partial charge in [0.05, 0.1) is 10.7 Å². The lowest BCUT2D eigenvalue weighted by Crippen LogP contribution is -1.97. The van der Waals surface area contributed by atoms with Gasteiger partial charge in [0.1, 0.15) is 5.82 Å². The number of aromatic nitrogens is 2. The van der Waals surface area contributed by atoms with Gasteiger partial charge in [0.25, 0.3) is 0 Å². The maximum Gasteiger partial charge on any atom is 0.145 e. The molecule has 0 radical (unpaired) electrons. The van der Waals surface area contributed by atoms with Crippen molar-refractivity contribution in [3.63, 3.8) is 0 Å². The molecule has 0 unspecified atom stereocenters. The molecule has 14 heavy (non-hydrogen) atoms. The lowest BCUT2D eigenvalue weighted by atomic mass is 10.2. The summed E-state index contributed by atoms with van der Waals surface area (Å²) in [6, 6.07) is 7.51. The van der Waals surface area contributed by atoms with E-state index in [4.69, 9.17) is 17.3 Å². The van der Waals surface area contributed by atoms with Crippen molar-refractivity contribution in [3.05, 3.63) is 41.0 Å². The van der Waals surface area contributed by atoms with Crippen LogP contribution in [0.4, 0.5) is 5.82 Å². The lowest BCUT2D eigenvalue weighted by Gasteiger charge is -2.04. The minimum Gasteiger partial charge on any atom is -0.382 e. The van der Waals surface area contributed by atoms with Crippen molar-refractivity contribution in [3.8, 4) is 5.69 Å². The van der Waals surface area contributed by atoms with E-state index in [0.717, 1.165) is 11.3 Å². The highest BCUT2D eigenvalue weighted by atomic mass is 35.5. The van der Waals surface area contributed by atoms with Gasteiger partial charge in [-0.3, -0.25) is 0 Å². The van der Waals surface area contributed by atoms with E-state index in [1.807, 2.05) is 25.1 Å². The van der Waals surface area contributed by atoms with Gasteiger partial charge in [0.2, 0.25) is 0 Å². The SMILES string of the molecule is Cc1ccc(Cl)c(-n2ccc(N)n2)c1. The van der Waals surface area contributed by atoms with E-state index in [-0.39, 0.29) is 0 Å². The van der Waals surface area contributed by atoms with Gasteiger partial charge < -0.3 is 5.73 Å². The second kappa shape index (κ2) is 3.35. The van der Waals surface area contributed by atoms with Crippen molar-refractivity contribution in [2.24, 2.45) is 0 Å². The third kappa shape index (κ3) is 1.59. The lowest BCUT2D eigenvalue weighted by molar-refractivity contribution is 0.885. The molecule has 1 aromatic carbocycles. The van der Waals surface area contributed by atoms with Crippen LogP contribution in [0.2, 0.25) is 5.02 Å². The number of benzene rings is 1. The number of anilines is 1. The quantitative estimate of drug-likeness (QED) is 0.781. The Bertz CT molecular complexity index is 462. The molecule has 1 heterocycles. The summed E-state index contributed by atoms with van der Waals surface area (Å²) in [6.45, 7) is 2.01. The van der Waals surface area contributed by atoms with Gasteiger partial charge in [0.15, 0.2) is 0 Å². The summed E-state index contributed by atoms with van der Waals surface area (Å²) in [4.78, 5) is 0. The number of halogens is 1. The molecule has 0 saturated carbocycles. The van der Waals surface area contributed by atoms with Gasteiger partial charge >= 0.3 is 0 Å². The van der Waals surface area contributed by atoms with Crippen molar-refractivity contribution in [2.45, 2.75) is 6.92 Å². The summed E-state index contributed by atoms with van der Waals surface area (Å²) in [5, 5.41) is 4.76. The molecule has 0 atom stereocenters. The highest BCUT2D eigenvalue weighted by Gasteiger charge is 2.03. The van der Waals surface area contributed by atoms with E-state index in [0.29, 0.717) is 10.8 Å². The molecule has 0 saturated heterocycles. The standard InChI is InChI=1S/C10H10ClN3/c1-7-2-3-8(11)9(6-7)14-5-4-10(12)13-14/h2-6H,1H3,(H2,12,13). The van der Waals surface area contributed by atoms with Crippen LogP contribution < -0.4 is 5.73 Å². The molecule has 2 rings (SSSR count). The first-order chi connectivity index (χ1) is 6.66. The van der Waals surface area contributed by atoms with Gasteiger partial charge in [-0.25, -0.2) is 4.68 Å². The zero-order chi connectivity index (χ0) is 10.1. The van der Waals surface area contributed by atoms with Gasteiger partial charge in [-0.15, -0.1) is 0 Å². The van der Waals surface area contributed by atoms with Gasteiger partial charge in [0, 0.05) is 12.3 Å². The number of rotatable bonds is 1. The second-order valence-corrected chi connectivity index (χ2v) is 3.55. The van der Waals surface area contributed by atoms with Crippen LogP contribution in [0.15, 0.2) is 30.5 Å². The Kier molecular flexibility index (Phi) is 2.17. The van der Waals surface area contributed by atoms with Crippen LogP contribution >= 0.6 is 11.6 Å². The molecule has 0 aliphatic rings. The van der Waals surface area contributed by atoms with Crippen molar-refractivity contribution in [2.75, 3.05) is 5.73 Å². The number of nitrogen functional groups attached to an aromatic ring is 1. The Hall–Kier alpha value is -1.48. The summed E-state index contributed by atoms with van der Waals surface area (Å²) in [6.07, 6.45) is 1.79. The van der Waals surface area contributed by atoms with Crippen LogP contribution in [0.5, 0.6) is 0 Å². The second-order valence-electron chi connectivity index (χ2n) is 3.14. The topological polar surface area (TPSA) is 43.8 Å². The van der Waals surface area contributed by atoms with Crippen LogP contribution in [-0.2, 0) is 0 Å². The van der Waals surface area contributed by atoms with E-state index in [1.165, 1.54) is 0 Å². The average molecular weight is 208 g/mol. The van der Waals surface area contributed by atoms with Gasteiger partial charge in [-0.2, -0.15) is 5.10 Å². The Morgan fingerprint density at radius 1 is 1.36 bits per heavy atom. The summed E-state index contributed by atoms with van der Waals surface area (Å²) in [5.41, 5.74) is 7.52. The molecule has 2 aromatic rings.